The van der Waals surface area contributed by atoms with Gasteiger partial charge in [-0.25, -0.2) is 14.0 Å². The third kappa shape index (κ3) is 6.08. The predicted octanol–water partition coefficient (Wildman–Crippen LogP) is 6.72. The number of halogens is 1. The summed E-state index contributed by atoms with van der Waals surface area (Å²) in [4.78, 5) is 35.1. The van der Waals surface area contributed by atoms with Crippen LogP contribution < -0.4 is 10.4 Å². The van der Waals surface area contributed by atoms with Gasteiger partial charge in [0.05, 0.1) is 19.4 Å². The molecule has 2 atom stereocenters. The summed E-state index contributed by atoms with van der Waals surface area (Å²) in [5, 5.41) is 0.112. The number of hydrogen-bond donors (Lipinski definition) is 1. The molecule has 0 aliphatic heterocycles. The molecule has 2 fully saturated rings. The fourth-order valence-electron chi connectivity index (χ4n) is 7.13. The first-order valence-corrected chi connectivity index (χ1v) is 15.2. The Balaban J connectivity index is 1.91. The zero-order valence-corrected chi connectivity index (χ0v) is 26.5. The number of carbonyl (C=O) groups excluding carboxylic acids is 1. The Labute approximate surface area is 243 Å². The van der Waals surface area contributed by atoms with Crippen molar-refractivity contribution < 1.29 is 19.0 Å². The zero-order valence-electron chi connectivity index (χ0n) is 25.7. The van der Waals surface area contributed by atoms with E-state index in [0.717, 1.165) is 44.1 Å². The summed E-state index contributed by atoms with van der Waals surface area (Å²) < 4.78 is 19.0. The van der Waals surface area contributed by atoms with Crippen LogP contribution in [0.3, 0.4) is 0 Å². The molecule has 0 aromatic carbocycles. The van der Waals surface area contributed by atoms with Gasteiger partial charge in [0, 0.05) is 24.3 Å². The molecule has 2 saturated carbocycles. The minimum absolute atomic E-state index is 0.0398. The van der Waals surface area contributed by atoms with E-state index < -0.39 is 11.7 Å². The van der Waals surface area contributed by atoms with Crippen molar-refractivity contribution in [3.05, 3.63) is 27.3 Å². The molecule has 2 aromatic heterocycles. The van der Waals surface area contributed by atoms with Gasteiger partial charge in [-0.2, -0.15) is 4.98 Å². The second-order valence-electron chi connectivity index (χ2n) is 14.2. The van der Waals surface area contributed by atoms with E-state index in [9.17, 15) is 9.59 Å². The number of nitrogens with one attached hydrogen (secondary N) is 1. The number of aromatic amines is 1. The zero-order chi connectivity index (χ0) is 29.6. The fourth-order valence-corrected chi connectivity index (χ4v) is 7.38. The average Bonchev–Trinajstić information content (AvgIpc) is 3.18. The van der Waals surface area contributed by atoms with Gasteiger partial charge in [0.25, 0.3) is 6.01 Å². The number of rotatable bonds is 6. The highest BCUT2D eigenvalue weighted by Crippen LogP contribution is 2.50. The summed E-state index contributed by atoms with van der Waals surface area (Å²) in [6.45, 7) is 15.9. The van der Waals surface area contributed by atoms with Gasteiger partial charge in [0.2, 0.25) is 0 Å². The Hall–Kier alpha value is -2.06. The van der Waals surface area contributed by atoms with Crippen molar-refractivity contribution in [1.29, 1.82) is 0 Å². The standard InChI is InChI=1S/C31H48ClN3O5/c1-17-14-20(30(2,3)4)25(21(15-17)31(5,6)7)40-27(36)24-23(18-10-12-19(32)13-11-18)22(16-38-8)35-26(24)33-28(39-9)34-29(35)37/h17-21,25H,10-16H2,1-9H3,(H,33,34,37). The number of ether oxygens (including phenoxy) is 3. The predicted molar refractivity (Wildman–Crippen MR) is 157 cm³/mol. The second kappa shape index (κ2) is 11.7. The van der Waals surface area contributed by atoms with E-state index in [-0.39, 0.29) is 58.3 Å². The molecule has 8 nitrogen and oxygen atoms in total. The summed E-state index contributed by atoms with van der Waals surface area (Å²) >= 11 is 6.47. The third-order valence-electron chi connectivity index (χ3n) is 9.23. The quantitative estimate of drug-likeness (QED) is 0.302. The molecule has 0 spiro atoms. The maximum absolute atomic E-state index is 14.5. The first-order chi connectivity index (χ1) is 18.7. The molecule has 0 saturated heterocycles. The minimum Gasteiger partial charge on any atom is -0.468 e. The monoisotopic (exact) mass is 577 g/mol. The summed E-state index contributed by atoms with van der Waals surface area (Å²) in [7, 11) is 3.03. The van der Waals surface area contributed by atoms with Crippen LogP contribution in [0.5, 0.6) is 6.01 Å². The van der Waals surface area contributed by atoms with Crippen LogP contribution in [0.2, 0.25) is 0 Å². The maximum Gasteiger partial charge on any atom is 0.342 e. The summed E-state index contributed by atoms with van der Waals surface area (Å²) in [5.41, 5.74) is 1.52. The first-order valence-electron chi connectivity index (χ1n) is 14.7. The van der Waals surface area contributed by atoms with Gasteiger partial charge in [-0.1, -0.05) is 48.5 Å². The Kier molecular flexibility index (Phi) is 9.01. The smallest absolute Gasteiger partial charge is 0.342 e. The number of methoxy groups -OCH3 is 2. The molecule has 2 aliphatic rings. The number of nitrogens with zero attached hydrogens (tertiary/aromatic N) is 2. The lowest BCUT2D eigenvalue weighted by molar-refractivity contribution is -0.0923. The molecule has 1 N–H and O–H groups in total. The molecule has 9 heteroatoms. The molecule has 0 radical (unpaired) electrons. The van der Waals surface area contributed by atoms with E-state index in [1.165, 1.54) is 11.5 Å². The van der Waals surface area contributed by atoms with E-state index in [0.29, 0.717) is 17.2 Å². The number of alkyl halides is 1. The Bertz CT molecular complexity index is 1240. The molecule has 2 aliphatic carbocycles. The molecule has 4 rings (SSSR count). The van der Waals surface area contributed by atoms with Crippen molar-refractivity contribution in [3.8, 4) is 6.01 Å². The van der Waals surface area contributed by atoms with Gasteiger partial charge in [-0.15, -0.1) is 11.6 Å². The van der Waals surface area contributed by atoms with Gasteiger partial charge < -0.3 is 14.2 Å². The fraction of sp³-hybridized carbons (Fsp3) is 0.774. The van der Waals surface area contributed by atoms with Crippen molar-refractivity contribution in [2.45, 2.75) is 111 Å². The van der Waals surface area contributed by atoms with Crippen LogP contribution in [0.25, 0.3) is 5.65 Å². The molecule has 224 valence electrons. The van der Waals surface area contributed by atoms with E-state index in [4.69, 9.17) is 25.8 Å². The van der Waals surface area contributed by atoms with Crippen LogP contribution in [-0.4, -0.2) is 46.0 Å². The number of hydrogen-bond acceptors (Lipinski definition) is 6. The molecule has 2 heterocycles. The van der Waals surface area contributed by atoms with E-state index in [1.54, 1.807) is 7.11 Å². The van der Waals surface area contributed by atoms with E-state index in [2.05, 4.69) is 58.4 Å². The first kappa shape index (κ1) is 30.9. The van der Waals surface area contributed by atoms with E-state index >= 15 is 0 Å². The maximum atomic E-state index is 14.5. The molecule has 2 unspecified atom stereocenters. The highest BCUT2D eigenvalue weighted by atomic mass is 35.5. The lowest BCUT2D eigenvalue weighted by Gasteiger charge is -2.50. The summed E-state index contributed by atoms with van der Waals surface area (Å²) in [6.07, 6.45) is 5.03. The highest BCUT2D eigenvalue weighted by Gasteiger charge is 2.48. The molecular weight excluding hydrogens is 530 g/mol. The highest BCUT2D eigenvalue weighted by molar-refractivity contribution is 6.20. The number of aromatic nitrogens is 3. The lowest BCUT2D eigenvalue weighted by atomic mass is 9.59. The largest absolute Gasteiger partial charge is 0.468 e. The minimum atomic E-state index is -0.425. The topological polar surface area (TPSA) is 94.9 Å². The SMILES string of the molecule is COCc1c(C2CCC(Cl)CC2)c(C(=O)OC2C(C(C)(C)C)CC(C)CC2C(C)(C)C)c2nc(OC)[nH]c(=O)n12. The van der Waals surface area contributed by atoms with Crippen LogP contribution in [-0.2, 0) is 16.1 Å². The summed E-state index contributed by atoms with van der Waals surface area (Å²) in [5.74, 6) is 0.539. The van der Waals surface area contributed by atoms with Gasteiger partial charge in [-0.3, -0.25) is 4.98 Å². The van der Waals surface area contributed by atoms with Crippen molar-refractivity contribution in [1.82, 2.24) is 14.4 Å². The average molecular weight is 578 g/mol. The van der Waals surface area contributed by atoms with Gasteiger partial charge in [-0.05, 0) is 66.8 Å². The Morgan fingerprint density at radius 1 is 1.02 bits per heavy atom. The number of H-pyrrole nitrogens is 1. The van der Waals surface area contributed by atoms with Crippen molar-refractivity contribution in [2.24, 2.45) is 28.6 Å². The number of carbonyl (C=O) groups is 1. The third-order valence-corrected chi connectivity index (χ3v) is 9.66. The molecule has 0 bridgehead atoms. The normalized spacial score (nSPS) is 28.1. The molecule has 2 aromatic rings. The van der Waals surface area contributed by atoms with E-state index in [1.807, 2.05) is 0 Å². The van der Waals surface area contributed by atoms with Gasteiger partial charge in [0.1, 0.15) is 11.7 Å². The van der Waals surface area contributed by atoms with Crippen molar-refractivity contribution >= 4 is 23.2 Å². The van der Waals surface area contributed by atoms with Crippen molar-refractivity contribution in [2.75, 3.05) is 14.2 Å². The van der Waals surface area contributed by atoms with Crippen LogP contribution in [0.15, 0.2) is 4.79 Å². The van der Waals surface area contributed by atoms with Crippen molar-refractivity contribution in [3.63, 3.8) is 0 Å². The van der Waals surface area contributed by atoms with Crippen LogP contribution in [0.1, 0.15) is 115 Å². The summed E-state index contributed by atoms with van der Waals surface area (Å²) in [6, 6.07) is 0.0515. The van der Waals surface area contributed by atoms with Gasteiger partial charge >= 0.3 is 11.7 Å². The van der Waals surface area contributed by atoms with Crippen LogP contribution >= 0.6 is 11.6 Å². The molecule has 40 heavy (non-hydrogen) atoms. The number of fused-ring (bicyclic) bond motifs is 1. The molecule has 0 amide bonds. The lowest BCUT2D eigenvalue weighted by Crippen LogP contribution is -2.49. The molecular formula is C31H48ClN3O5. The van der Waals surface area contributed by atoms with Crippen LogP contribution in [0.4, 0.5) is 0 Å². The number of esters is 1. The van der Waals surface area contributed by atoms with Crippen LogP contribution in [0, 0.1) is 28.6 Å². The Morgan fingerprint density at radius 2 is 1.60 bits per heavy atom. The van der Waals surface area contributed by atoms with Gasteiger partial charge in [0.15, 0.2) is 5.65 Å². The Morgan fingerprint density at radius 3 is 2.10 bits per heavy atom. The second-order valence-corrected chi connectivity index (χ2v) is 14.8.